The van der Waals surface area contributed by atoms with Crippen LogP contribution in [0.2, 0.25) is 5.02 Å². The van der Waals surface area contributed by atoms with Crippen LogP contribution in [0.1, 0.15) is 5.56 Å². The molecule has 0 bridgehead atoms. The number of fused-ring (bicyclic) bond motifs is 1. The van der Waals surface area contributed by atoms with Crippen molar-refractivity contribution in [2.45, 2.75) is 6.42 Å². The van der Waals surface area contributed by atoms with E-state index in [1.54, 1.807) is 48.5 Å². The van der Waals surface area contributed by atoms with Crippen molar-refractivity contribution >= 4 is 50.2 Å². The number of halogens is 2. The lowest BCUT2D eigenvalue weighted by Crippen LogP contribution is -2.14. The number of hydrogen-bond acceptors (Lipinski definition) is 4. The average Bonchev–Trinajstić information content (AvgIpc) is 3.09. The maximum absolute atomic E-state index is 12.3. The number of oxazole rings is 1. The highest BCUT2D eigenvalue weighted by atomic mass is 79.9. The van der Waals surface area contributed by atoms with Crippen molar-refractivity contribution in [1.82, 2.24) is 4.98 Å². The van der Waals surface area contributed by atoms with Crippen LogP contribution in [0.3, 0.4) is 0 Å². The molecule has 28 heavy (non-hydrogen) atoms. The number of hydrogen-bond donors (Lipinski definition) is 2. The summed E-state index contributed by atoms with van der Waals surface area (Å²) in [4.78, 5) is 16.8. The fourth-order valence-electron chi connectivity index (χ4n) is 2.76. The number of aromatic hydroxyl groups is 1. The third-order valence-corrected chi connectivity index (χ3v) is 5.03. The van der Waals surface area contributed by atoms with Gasteiger partial charge in [0.05, 0.1) is 10.9 Å². The van der Waals surface area contributed by atoms with E-state index in [-0.39, 0.29) is 18.1 Å². The van der Waals surface area contributed by atoms with Crippen molar-refractivity contribution in [3.63, 3.8) is 0 Å². The van der Waals surface area contributed by atoms with Crippen LogP contribution in [-0.4, -0.2) is 16.0 Å². The predicted molar refractivity (Wildman–Crippen MR) is 113 cm³/mol. The second-order valence-corrected chi connectivity index (χ2v) is 7.51. The van der Waals surface area contributed by atoms with Crippen molar-refractivity contribution in [3.05, 3.63) is 75.7 Å². The predicted octanol–water partition coefficient (Wildman–Crippen LogP) is 5.80. The van der Waals surface area contributed by atoms with Gasteiger partial charge < -0.3 is 14.8 Å². The van der Waals surface area contributed by atoms with Gasteiger partial charge in [-0.2, -0.15) is 0 Å². The van der Waals surface area contributed by atoms with Crippen molar-refractivity contribution in [1.29, 1.82) is 0 Å². The first-order valence-corrected chi connectivity index (χ1v) is 9.59. The summed E-state index contributed by atoms with van der Waals surface area (Å²) in [6, 6.07) is 17.5. The molecule has 0 aliphatic heterocycles. The first-order chi connectivity index (χ1) is 13.5. The molecule has 5 nitrogen and oxygen atoms in total. The molecule has 1 amide bonds. The third-order valence-electron chi connectivity index (χ3n) is 4.14. The summed E-state index contributed by atoms with van der Waals surface area (Å²) in [5, 5.41) is 13.1. The molecule has 0 aliphatic rings. The molecule has 0 radical (unpaired) electrons. The Morgan fingerprint density at radius 2 is 1.89 bits per heavy atom. The minimum absolute atomic E-state index is 0.132. The SMILES string of the molecule is O=C(Cc1ccc(Cl)cc1)Nc1ccc2oc(-c3ccc(O)c(Br)c3)nc2c1. The number of carbonyl (C=O) groups is 1. The van der Waals surface area contributed by atoms with Gasteiger partial charge in [-0.25, -0.2) is 4.98 Å². The monoisotopic (exact) mass is 456 g/mol. The van der Waals surface area contributed by atoms with E-state index in [1.165, 1.54) is 0 Å². The van der Waals surface area contributed by atoms with Crippen LogP contribution < -0.4 is 5.32 Å². The lowest BCUT2D eigenvalue weighted by atomic mass is 10.1. The first kappa shape index (κ1) is 18.5. The Hall–Kier alpha value is -2.83. The average molecular weight is 458 g/mol. The highest BCUT2D eigenvalue weighted by molar-refractivity contribution is 9.10. The summed E-state index contributed by atoms with van der Waals surface area (Å²) >= 11 is 9.15. The van der Waals surface area contributed by atoms with Crippen LogP contribution in [0.25, 0.3) is 22.6 Å². The Morgan fingerprint density at radius 3 is 2.64 bits per heavy atom. The molecule has 0 saturated heterocycles. The molecule has 0 atom stereocenters. The van der Waals surface area contributed by atoms with Crippen molar-refractivity contribution < 1.29 is 14.3 Å². The van der Waals surface area contributed by atoms with Crippen molar-refractivity contribution in [2.24, 2.45) is 0 Å². The third kappa shape index (κ3) is 4.03. The van der Waals surface area contributed by atoms with Gasteiger partial charge in [0.1, 0.15) is 11.3 Å². The molecule has 0 spiro atoms. The number of rotatable bonds is 4. The summed E-state index contributed by atoms with van der Waals surface area (Å²) < 4.78 is 6.33. The Kier molecular flexibility index (Phi) is 5.07. The lowest BCUT2D eigenvalue weighted by molar-refractivity contribution is -0.115. The molecule has 4 aromatic rings. The van der Waals surface area contributed by atoms with E-state index >= 15 is 0 Å². The summed E-state index contributed by atoms with van der Waals surface area (Å²) in [7, 11) is 0. The molecule has 1 heterocycles. The number of anilines is 1. The van der Waals surface area contributed by atoms with E-state index in [0.29, 0.717) is 32.2 Å². The Bertz CT molecular complexity index is 1170. The van der Waals surface area contributed by atoms with Gasteiger partial charge in [0.25, 0.3) is 0 Å². The number of nitrogens with zero attached hydrogens (tertiary/aromatic N) is 1. The number of phenols is 1. The zero-order valence-electron chi connectivity index (χ0n) is 14.4. The van der Waals surface area contributed by atoms with Crippen molar-refractivity contribution in [2.75, 3.05) is 5.32 Å². The van der Waals surface area contributed by atoms with Gasteiger partial charge in [-0.3, -0.25) is 4.79 Å². The van der Waals surface area contributed by atoms with Gasteiger partial charge in [0, 0.05) is 16.3 Å². The van der Waals surface area contributed by atoms with Crippen LogP contribution in [0.4, 0.5) is 5.69 Å². The fraction of sp³-hybridized carbons (Fsp3) is 0.0476. The van der Waals surface area contributed by atoms with Crippen LogP contribution in [0.15, 0.2) is 69.6 Å². The highest BCUT2D eigenvalue weighted by Gasteiger charge is 2.12. The summed E-state index contributed by atoms with van der Waals surface area (Å²) in [6.07, 6.45) is 0.251. The van der Waals surface area contributed by atoms with E-state index in [9.17, 15) is 9.90 Å². The minimum Gasteiger partial charge on any atom is -0.507 e. The Labute approximate surface area is 174 Å². The Balaban J connectivity index is 1.53. The normalized spacial score (nSPS) is 10.9. The maximum atomic E-state index is 12.3. The molecule has 0 unspecified atom stereocenters. The maximum Gasteiger partial charge on any atom is 0.228 e. The van der Waals surface area contributed by atoms with Crippen molar-refractivity contribution in [3.8, 4) is 17.2 Å². The van der Waals surface area contributed by atoms with Gasteiger partial charge in [-0.05, 0) is 70.0 Å². The summed E-state index contributed by atoms with van der Waals surface area (Å²) in [5.74, 6) is 0.443. The quantitative estimate of drug-likeness (QED) is 0.406. The number of carbonyl (C=O) groups excluding carboxylic acids is 1. The highest BCUT2D eigenvalue weighted by Crippen LogP contribution is 2.31. The van der Waals surface area contributed by atoms with Gasteiger partial charge in [0.2, 0.25) is 11.8 Å². The summed E-state index contributed by atoms with van der Waals surface area (Å²) in [6.45, 7) is 0. The lowest BCUT2D eigenvalue weighted by Gasteiger charge is -2.05. The van der Waals surface area contributed by atoms with Gasteiger partial charge in [-0.1, -0.05) is 23.7 Å². The van der Waals surface area contributed by atoms with E-state index in [2.05, 4.69) is 26.2 Å². The second kappa shape index (κ2) is 7.66. The van der Waals surface area contributed by atoms with Gasteiger partial charge >= 0.3 is 0 Å². The van der Waals surface area contributed by atoms with E-state index < -0.39 is 0 Å². The fourth-order valence-corrected chi connectivity index (χ4v) is 3.27. The van der Waals surface area contributed by atoms with Crippen LogP contribution in [0, 0.1) is 0 Å². The molecule has 1 aromatic heterocycles. The number of aromatic nitrogens is 1. The second-order valence-electron chi connectivity index (χ2n) is 6.22. The molecule has 0 aliphatic carbocycles. The number of phenolic OH excluding ortho intramolecular Hbond substituents is 1. The van der Waals surface area contributed by atoms with Crippen LogP contribution in [0.5, 0.6) is 5.75 Å². The zero-order chi connectivity index (χ0) is 19.7. The number of amides is 1. The molecule has 140 valence electrons. The van der Waals surface area contributed by atoms with Gasteiger partial charge in [0.15, 0.2) is 5.58 Å². The largest absolute Gasteiger partial charge is 0.507 e. The van der Waals surface area contributed by atoms with Crippen LogP contribution in [-0.2, 0) is 11.2 Å². The Morgan fingerprint density at radius 1 is 1.11 bits per heavy atom. The number of nitrogens with one attached hydrogen (secondary N) is 1. The first-order valence-electron chi connectivity index (χ1n) is 8.42. The molecule has 2 N–H and O–H groups in total. The number of benzene rings is 3. The van der Waals surface area contributed by atoms with Gasteiger partial charge in [-0.15, -0.1) is 0 Å². The zero-order valence-corrected chi connectivity index (χ0v) is 16.8. The summed E-state index contributed by atoms with van der Waals surface area (Å²) in [5.41, 5.74) is 3.48. The molecule has 4 rings (SSSR count). The molecular weight excluding hydrogens is 444 g/mol. The van der Waals surface area contributed by atoms with Crippen LogP contribution >= 0.6 is 27.5 Å². The van der Waals surface area contributed by atoms with E-state index in [1.807, 2.05) is 12.1 Å². The molecule has 3 aromatic carbocycles. The minimum atomic E-state index is -0.132. The molecule has 0 saturated carbocycles. The molecule has 0 fully saturated rings. The van der Waals surface area contributed by atoms with E-state index in [0.717, 1.165) is 11.1 Å². The smallest absolute Gasteiger partial charge is 0.228 e. The standard InChI is InChI=1S/C21H14BrClN2O3/c22-16-10-13(3-7-18(16)26)21-25-17-11-15(6-8-19(17)28-21)24-20(27)9-12-1-4-14(23)5-2-12/h1-8,10-11,26H,9H2,(H,24,27). The van der Waals surface area contributed by atoms with E-state index in [4.69, 9.17) is 16.0 Å². The molecule has 7 heteroatoms. The topological polar surface area (TPSA) is 75.4 Å². The molecular formula is C21H14BrClN2O3.